The molecule has 0 N–H and O–H groups in total. The van der Waals surface area contributed by atoms with E-state index in [1.807, 2.05) is 96.8 Å². The number of carbonyl (C=O) groups is 1. The van der Waals surface area contributed by atoms with Crippen molar-refractivity contribution in [3.8, 4) is 11.5 Å². The molecule has 1 heterocycles. The Kier molecular flexibility index (Phi) is 8.49. The first kappa shape index (κ1) is 26.1. The van der Waals surface area contributed by atoms with Gasteiger partial charge in [-0.3, -0.25) is 9.69 Å². The summed E-state index contributed by atoms with van der Waals surface area (Å²) in [6, 6.07) is 26.0. The Bertz CT molecular complexity index is 1310. The second-order valence-corrected chi connectivity index (χ2v) is 10.8. The molecule has 6 heteroatoms. The quantitative estimate of drug-likeness (QED) is 0.281. The highest BCUT2D eigenvalue weighted by Crippen LogP contribution is 2.40. The van der Waals surface area contributed by atoms with Gasteiger partial charge in [-0.1, -0.05) is 74.4 Å². The van der Waals surface area contributed by atoms with Crippen molar-refractivity contribution in [1.29, 1.82) is 0 Å². The second kappa shape index (κ2) is 12.4. The minimum atomic E-state index is 0.0331. The molecule has 1 saturated heterocycles. The van der Waals surface area contributed by atoms with Crippen molar-refractivity contribution in [2.24, 2.45) is 10.9 Å². The average Bonchev–Trinajstić information content (AvgIpc) is 3.23. The summed E-state index contributed by atoms with van der Waals surface area (Å²) in [6.07, 6.45) is 6.46. The van der Waals surface area contributed by atoms with E-state index in [0.717, 1.165) is 41.2 Å². The van der Waals surface area contributed by atoms with Gasteiger partial charge in [-0.15, -0.1) is 0 Å². The normalized spacial score (nSPS) is 21.7. The Morgan fingerprint density at radius 3 is 2.42 bits per heavy atom. The Balaban J connectivity index is 1.43. The van der Waals surface area contributed by atoms with Crippen LogP contribution in [0.3, 0.4) is 0 Å². The molecule has 1 saturated carbocycles. The van der Waals surface area contributed by atoms with Gasteiger partial charge >= 0.3 is 0 Å². The highest BCUT2D eigenvalue weighted by molar-refractivity contribution is 8.18. The number of benzene rings is 3. The lowest BCUT2D eigenvalue weighted by Gasteiger charge is -2.35. The molecule has 38 heavy (non-hydrogen) atoms. The maximum Gasteiger partial charge on any atom is 0.267 e. The molecule has 1 aliphatic heterocycles. The smallest absolute Gasteiger partial charge is 0.267 e. The largest absolute Gasteiger partial charge is 0.490 e. The number of hydrogen-bond acceptors (Lipinski definition) is 5. The third kappa shape index (κ3) is 6.13. The molecule has 5 nitrogen and oxygen atoms in total. The number of amides is 1. The van der Waals surface area contributed by atoms with Gasteiger partial charge in [0, 0.05) is 6.04 Å². The third-order valence-electron chi connectivity index (χ3n) is 7.02. The lowest BCUT2D eigenvalue weighted by atomic mass is 9.85. The van der Waals surface area contributed by atoms with Crippen molar-refractivity contribution in [1.82, 2.24) is 4.90 Å². The standard InChI is InChI=1S/C32H34N2O3S/c1-3-36-29-20-25(18-19-28(29)37-22-24-13-6-4-7-14-24)21-30-31(35)34(27-17-11-10-12-23(27)2)32(38-30)33-26-15-8-5-9-16-26/h4-9,13-16,18-21,23,27H,3,10-12,17,22H2,1-2H3/b30-21-,33-32?/t23-,27-/m1/s1. The number of nitrogens with zero attached hydrogens (tertiary/aromatic N) is 2. The monoisotopic (exact) mass is 526 g/mol. The summed E-state index contributed by atoms with van der Waals surface area (Å²) in [5.41, 5.74) is 2.85. The molecule has 2 aliphatic rings. The van der Waals surface area contributed by atoms with Crippen molar-refractivity contribution in [3.05, 3.63) is 94.9 Å². The molecule has 2 fully saturated rings. The van der Waals surface area contributed by atoms with Crippen LogP contribution in [0.4, 0.5) is 5.69 Å². The van der Waals surface area contributed by atoms with Gasteiger partial charge in [0.1, 0.15) is 6.61 Å². The molecule has 0 unspecified atom stereocenters. The summed E-state index contributed by atoms with van der Waals surface area (Å²) in [5, 5.41) is 0.763. The average molecular weight is 527 g/mol. The molecular formula is C32H34N2O3S. The van der Waals surface area contributed by atoms with Crippen LogP contribution >= 0.6 is 11.8 Å². The van der Waals surface area contributed by atoms with E-state index >= 15 is 0 Å². The van der Waals surface area contributed by atoms with Crippen LogP contribution in [0.5, 0.6) is 11.5 Å². The molecule has 0 spiro atoms. The van der Waals surface area contributed by atoms with Crippen LogP contribution in [-0.2, 0) is 11.4 Å². The van der Waals surface area contributed by atoms with E-state index in [0.29, 0.717) is 35.5 Å². The molecule has 2 atom stereocenters. The van der Waals surface area contributed by atoms with E-state index < -0.39 is 0 Å². The number of carbonyl (C=O) groups excluding carboxylic acids is 1. The van der Waals surface area contributed by atoms with Crippen LogP contribution in [0.2, 0.25) is 0 Å². The van der Waals surface area contributed by atoms with Gasteiger partial charge in [-0.2, -0.15) is 0 Å². The first-order valence-corrected chi connectivity index (χ1v) is 14.2. The summed E-state index contributed by atoms with van der Waals surface area (Å²) in [4.78, 5) is 21.3. The van der Waals surface area contributed by atoms with Crippen molar-refractivity contribution >= 4 is 34.6 Å². The second-order valence-electron chi connectivity index (χ2n) is 9.76. The number of hydrogen-bond donors (Lipinski definition) is 0. The predicted octanol–water partition coefficient (Wildman–Crippen LogP) is 7.85. The van der Waals surface area contributed by atoms with E-state index in [4.69, 9.17) is 14.5 Å². The summed E-state index contributed by atoms with van der Waals surface area (Å²) in [7, 11) is 0. The third-order valence-corrected chi connectivity index (χ3v) is 8.00. The zero-order valence-corrected chi connectivity index (χ0v) is 22.8. The first-order valence-electron chi connectivity index (χ1n) is 13.4. The van der Waals surface area contributed by atoms with Crippen molar-refractivity contribution in [2.45, 2.75) is 52.2 Å². The van der Waals surface area contributed by atoms with E-state index in [2.05, 4.69) is 6.92 Å². The molecule has 1 amide bonds. The molecule has 3 aromatic carbocycles. The minimum Gasteiger partial charge on any atom is -0.490 e. The summed E-state index contributed by atoms with van der Waals surface area (Å²) in [6.45, 7) is 5.20. The fraction of sp³-hybridized carbons (Fsp3) is 0.312. The summed E-state index contributed by atoms with van der Waals surface area (Å²) in [5.74, 6) is 1.83. The predicted molar refractivity (Wildman–Crippen MR) is 156 cm³/mol. The maximum atomic E-state index is 13.8. The van der Waals surface area contributed by atoms with Crippen LogP contribution in [0.1, 0.15) is 50.7 Å². The Labute approximate surface area is 229 Å². The van der Waals surface area contributed by atoms with Crippen LogP contribution in [0.25, 0.3) is 6.08 Å². The van der Waals surface area contributed by atoms with Gasteiger partial charge in [0.05, 0.1) is 17.2 Å². The van der Waals surface area contributed by atoms with Crippen LogP contribution in [-0.4, -0.2) is 28.6 Å². The molecule has 0 radical (unpaired) electrons. The van der Waals surface area contributed by atoms with Gasteiger partial charge in [0.15, 0.2) is 16.7 Å². The van der Waals surface area contributed by atoms with Crippen molar-refractivity contribution < 1.29 is 14.3 Å². The number of ether oxygens (including phenoxy) is 2. The molecule has 0 bridgehead atoms. The molecule has 3 aromatic rings. The Hall–Kier alpha value is -3.51. The van der Waals surface area contributed by atoms with Crippen molar-refractivity contribution in [2.75, 3.05) is 6.61 Å². The Morgan fingerprint density at radius 2 is 1.68 bits per heavy atom. The number of aliphatic imine (C=N–C) groups is 1. The van der Waals surface area contributed by atoms with E-state index in [9.17, 15) is 4.79 Å². The van der Waals surface area contributed by atoms with E-state index in [1.54, 1.807) is 0 Å². The number of para-hydroxylation sites is 1. The topological polar surface area (TPSA) is 51.1 Å². The highest BCUT2D eigenvalue weighted by Gasteiger charge is 2.41. The van der Waals surface area contributed by atoms with Gasteiger partial charge < -0.3 is 9.47 Å². The number of thioether (sulfide) groups is 1. The molecule has 1 aliphatic carbocycles. The molecular weight excluding hydrogens is 492 g/mol. The molecule has 0 aromatic heterocycles. The molecule has 196 valence electrons. The lowest BCUT2D eigenvalue weighted by molar-refractivity contribution is -0.124. The first-order chi connectivity index (χ1) is 18.6. The van der Waals surface area contributed by atoms with Gasteiger partial charge in [0.25, 0.3) is 5.91 Å². The van der Waals surface area contributed by atoms with Crippen LogP contribution in [0.15, 0.2) is 88.8 Å². The van der Waals surface area contributed by atoms with Crippen LogP contribution < -0.4 is 9.47 Å². The zero-order chi connectivity index (χ0) is 26.3. The highest BCUT2D eigenvalue weighted by atomic mass is 32.2. The van der Waals surface area contributed by atoms with Crippen molar-refractivity contribution in [3.63, 3.8) is 0 Å². The van der Waals surface area contributed by atoms with Crippen LogP contribution in [0, 0.1) is 5.92 Å². The summed E-state index contributed by atoms with van der Waals surface area (Å²) >= 11 is 1.46. The number of amidine groups is 1. The number of rotatable bonds is 8. The minimum absolute atomic E-state index is 0.0331. The fourth-order valence-corrected chi connectivity index (χ4v) is 6.08. The van der Waals surface area contributed by atoms with E-state index in [1.165, 1.54) is 18.2 Å². The van der Waals surface area contributed by atoms with Gasteiger partial charge in [-0.05, 0) is 78.9 Å². The fourth-order valence-electron chi connectivity index (χ4n) is 5.04. The maximum absolute atomic E-state index is 13.8. The van der Waals surface area contributed by atoms with Gasteiger partial charge in [0.2, 0.25) is 0 Å². The SMILES string of the molecule is CCOc1cc(/C=C2\SC(=Nc3ccccc3)N([C@@H]3CCCC[C@H]3C)C2=O)ccc1OCc1ccccc1. The molecule has 5 rings (SSSR count). The van der Waals surface area contributed by atoms with E-state index in [-0.39, 0.29) is 11.9 Å². The van der Waals surface area contributed by atoms with Gasteiger partial charge in [-0.25, -0.2) is 4.99 Å². The zero-order valence-electron chi connectivity index (χ0n) is 22.0. The summed E-state index contributed by atoms with van der Waals surface area (Å²) < 4.78 is 12.0. The lowest BCUT2D eigenvalue weighted by Crippen LogP contribution is -2.44. The Morgan fingerprint density at radius 1 is 0.947 bits per heavy atom.